The molecule has 1 aromatic heterocycles. The molecule has 1 aliphatic rings. The number of carbonyl (C=O) groups is 1. The van der Waals surface area contributed by atoms with Gasteiger partial charge in [-0.25, -0.2) is 4.68 Å². The summed E-state index contributed by atoms with van der Waals surface area (Å²) in [6, 6.07) is 7.43. The predicted molar refractivity (Wildman–Crippen MR) is 86.0 cm³/mol. The molecule has 122 valence electrons. The minimum atomic E-state index is -0.132. The SMILES string of the molecule is COc1ccc(C)cc1-n1ccc(C(=O)N2CCC[C@@H]2CO)n1. The Kier molecular flexibility index (Phi) is 4.34. The van der Waals surface area contributed by atoms with Crippen LogP contribution in [-0.4, -0.2) is 52.0 Å². The number of ether oxygens (including phenoxy) is 1. The number of rotatable bonds is 4. The van der Waals surface area contributed by atoms with Crippen LogP contribution in [0.1, 0.15) is 28.9 Å². The second-order valence-electron chi connectivity index (χ2n) is 5.80. The Morgan fingerprint density at radius 2 is 2.26 bits per heavy atom. The van der Waals surface area contributed by atoms with E-state index in [0.717, 1.165) is 24.1 Å². The van der Waals surface area contributed by atoms with E-state index in [9.17, 15) is 9.90 Å². The van der Waals surface area contributed by atoms with E-state index >= 15 is 0 Å². The molecule has 6 heteroatoms. The third-order valence-electron chi connectivity index (χ3n) is 4.24. The number of benzene rings is 1. The summed E-state index contributed by atoms with van der Waals surface area (Å²) in [6.45, 7) is 2.66. The highest BCUT2D eigenvalue weighted by Crippen LogP contribution is 2.24. The zero-order valence-corrected chi connectivity index (χ0v) is 13.4. The molecule has 23 heavy (non-hydrogen) atoms. The van der Waals surface area contributed by atoms with Gasteiger partial charge in [0.25, 0.3) is 5.91 Å². The lowest BCUT2D eigenvalue weighted by molar-refractivity contribution is 0.0671. The Balaban J connectivity index is 1.89. The van der Waals surface area contributed by atoms with Crippen molar-refractivity contribution >= 4 is 5.91 Å². The molecular weight excluding hydrogens is 294 g/mol. The first-order chi connectivity index (χ1) is 11.1. The lowest BCUT2D eigenvalue weighted by Crippen LogP contribution is -2.37. The Labute approximate surface area is 135 Å². The Hall–Kier alpha value is -2.34. The number of hydrogen-bond donors (Lipinski definition) is 1. The van der Waals surface area contributed by atoms with E-state index in [0.29, 0.717) is 18.0 Å². The number of aromatic nitrogens is 2. The Bertz CT molecular complexity index is 711. The van der Waals surface area contributed by atoms with Crippen molar-refractivity contribution in [1.29, 1.82) is 0 Å². The molecule has 3 rings (SSSR count). The lowest BCUT2D eigenvalue weighted by Gasteiger charge is -2.21. The molecule has 1 aliphatic heterocycles. The van der Waals surface area contributed by atoms with Crippen molar-refractivity contribution in [3.63, 3.8) is 0 Å². The van der Waals surface area contributed by atoms with Crippen molar-refractivity contribution in [3.05, 3.63) is 41.7 Å². The third-order valence-corrected chi connectivity index (χ3v) is 4.24. The monoisotopic (exact) mass is 315 g/mol. The van der Waals surface area contributed by atoms with Gasteiger partial charge in [-0.2, -0.15) is 5.10 Å². The quantitative estimate of drug-likeness (QED) is 0.934. The molecule has 1 aromatic carbocycles. The zero-order chi connectivity index (χ0) is 16.4. The first-order valence-electron chi connectivity index (χ1n) is 7.76. The summed E-state index contributed by atoms with van der Waals surface area (Å²) in [7, 11) is 1.61. The van der Waals surface area contributed by atoms with Crippen LogP contribution < -0.4 is 4.74 Å². The van der Waals surface area contributed by atoms with Crippen molar-refractivity contribution < 1.29 is 14.6 Å². The number of aliphatic hydroxyl groups is 1. The molecule has 0 unspecified atom stereocenters. The topological polar surface area (TPSA) is 67.6 Å². The number of likely N-dealkylation sites (tertiary alicyclic amines) is 1. The van der Waals surface area contributed by atoms with Crippen LogP contribution in [0.15, 0.2) is 30.5 Å². The second kappa shape index (κ2) is 6.42. The summed E-state index contributed by atoms with van der Waals surface area (Å²) in [6.07, 6.45) is 3.52. The Morgan fingerprint density at radius 1 is 1.43 bits per heavy atom. The van der Waals surface area contributed by atoms with Crippen LogP contribution in [0.3, 0.4) is 0 Å². The molecule has 2 heterocycles. The van der Waals surface area contributed by atoms with Crippen LogP contribution in [0.4, 0.5) is 0 Å². The summed E-state index contributed by atoms with van der Waals surface area (Å²) >= 11 is 0. The number of nitrogens with zero attached hydrogens (tertiary/aromatic N) is 3. The van der Waals surface area contributed by atoms with Crippen molar-refractivity contribution in [1.82, 2.24) is 14.7 Å². The maximum Gasteiger partial charge on any atom is 0.274 e. The number of aliphatic hydroxyl groups excluding tert-OH is 1. The highest BCUT2D eigenvalue weighted by Gasteiger charge is 2.30. The summed E-state index contributed by atoms with van der Waals surface area (Å²) in [5, 5.41) is 13.8. The van der Waals surface area contributed by atoms with Gasteiger partial charge < -0.3 is 14.7 Å². The summed E-state index contributed by atoms with van der Waals surface area (Å²) in [4.78, 5) is 14.3. The zero-order valence-electron chi connectivity index (χ0n) is 13.4. The van der Waals surface area contributed by atoms with Crippen molar-refractivity contribution in [2.45, 2.75) is 25.8 Å². The average Bonchev–Trinajstić information content (AvgIpc) is 3.23. The van der Waals surface area contributed by atoms with Gasteiger partial charge in [0, 0.05) is 12.7 Å². The largest absolute Gasteiger partial charge is 0.494 e. The van der Waals surface area contributed by atoms with Gasteiger partial charge in [-0.3, -0.25) is 4.79 Å². The molecule has 0 radical (unpaired) electrons. The van der Waals surface area contributed by atoms with Crippen molar-refractivity contribution in [3.8, 4) is 11.4 Å². The molecule has 1 amide bonds. The van der Waals surface area contributed by atoms with Crippen LogP contribution in [0, 0.1) is 6.92 Å². The standard InChI is InChI=1S/C17H21N3O3/c1-12-5-6-16(23-2)15(10-12)20-9-7-14(18-20)17(22)19-8-3-4-13(19)11-21/h5-7,9-10,13,21H,3-4,8,11H2,1-2H3/t13-/m1/s1. The van der Waals surface area contributed by atoms with E-state index in [1.54, 1.807) is 29.0 Å². The fourth-order valence-electron chi connectivity index (χ4n) is 2.99. The van der Waals surface area contributed by atoms with E-state index in [1.807, 2.05) is 25.1 Å². The van der Waals surface area contributed by atoms with Crippen LogP contribution in [0.25, 0.3) is 5.69 Å². The van der Waals surface area contributed by atoms with Gasteiger partial charge in [0.15, 0.2) is 5.69 Å². The molecule has 0 spiro atoms. The van der Waals surface area contributed by atoms with Crippen molar-refractivity contribution in [2.75, 3.05) is 20.3 Å². The average molecular weight is 315 g/mol. The normalized spacial score (nSPS) is 17.5. The molecule has 6 nitrogen and oxygen atoms in total. The molecule has 0 aliphatic carbocycles. The fraction of sp³-hybridized carbons (Fsp3) is 0.412. The second-order valence-corrected chi connectivity index (χ2v) is 5.80. The smallest absolute Gasteiger partial charge is 0.274 e. The number of carbonyl (C=O) groups excluding carboxylic acids is 1. The first-order valence-corrected chi connectivity index (χ1v) is 7.76. The van der Waals surface area contributed by atoms with Crippen LogP contribution in [-0.2, 0) is 0 Å². The maximum atomic E-state index is 12.6. The van der Waals surface area contributed by atoms with Crippen LogP contribution >= 0.6 is 0 Å². The lowest BCUT2D eigenvalue weighted by atomic mass is 10.2. The van der Waals surface area contributed by atoms with Crippen molar-refractivity contribution in [2.24, 2.45) is 0 Å². The third kappa shape index (κ3) is 2.94. The van der Waals surface area contributed by atoms with E-state index in [4.69, 9.17) is 4.74 Å². The van der Waals surface area contributed by atoms with E-state index < -0.39 is 0 Å². The van der Waals surface area contributed by atoms with Gasteiger partial charge >= 0.3 is 0 Å². The molecule has 1 fully saturated rings. The summed E-state index contributed by atoms with van der Waals surface area (Å²) in [5.74, 6) is 0.569. The van der Waals surface area contributed by atoms with Gasteiger partial charge in [-0.05, 0) is 43.5 Å². The predicted octanol–water partition coefficient (Wildman–Crippen LogP) is 1.79. The molecular formula is C17H21N3O3. The van der Waals surface area contributed by atoms with Crippen LogP contribution in [0.5, 0.6) is 5.75 Å². The van der Waals surface area contributed by atoms with E-state index in [1.165, 1.54) is 0 Å². The molecule has 1 N–H and O–H groups in total. The van der Waals surface area contributed by atoms with E-state index in [-0.39, 0.29) is 18.6 Å². The number of aryl methyl sites for hydroxylation is 1. The minimum Gasteiger partial charge on any atom is -0.494 e. The maximum absolute atomic E-state index is 12.6. The van der Waals surface area contributed by atoms with Crippen LogP contribution in [0.2, 0.25) is 0 Å². The number of hydrogen-bond acceptors (Lipinski definition) is 4. The van der Waals surface area contributed by atoms with Gasteiger partial charge in [0.1, 0.15) is 11.4 Å². The molecule has 0 saturated carbocycles. The highest BCUT2D eigenvalue weighted by atomic mass is 16.5. The fourth-order valence-corrected chi connectivity index (χ4v) is 2.99. The highest BCUT2D eigenvalue weighted by molar-refractivity contribution is 5.92. The van der Waals surface area contributed by atoms with E-state index in [2.05, 4.69) is 5.10 Å². The number of amides is 1. The van der Waals surface area contributed by atoms with Gasteiger partial charge in [0.2, 0.25) is 0 Å². The van der Waals surface area contributed by atoms with Gasteiger partial charge in [-0.15, -0.1) is 0 Å². The molecule has 2 aromatic rings. The first kappa shape index (κ1) is 15.6. The summed E-state index contributed by atoms with van der Waals surface area (Å²) in [5.41, 5.74) is 2.27. The number of methoxy groups -OCH3 is 1. The van der Waals surface area contributed by atoms with Gasteiger partial charge in [-0.1, -0.05) is 6.07 Å². The minimum absolute atomic E-state index is 0.00183. The summed E-state index contributed by atoms with van der Waals surface area (Å²) < 4.78 is 7.03. The van der Waals surface area contributed by atoms with Gasteiger partial charge in [0.05, 0.1) is 19.8 Å². The molecule has 1 saturated heterocycles. The molecule has 1 atom stereocenters. The molecule has 0 bridgehead atoms. The Morgan fingerprint density at radius 3 is 3.00 bits per heavy atom.